The molecule has 3 aliphatic rings. The Bertz CT molecular complexity index is 349. The van der Waals surface area contributed by atoms with Crippen molar-refractivity contribution in [3.63, 3.8) is 0 Å². The minimum Gasteiger partial charge on any atom is -0.371 e. The minimum atomic E-state index is 0.00373. The summed E-state index contributed by atoms with van der Waals surface area (Å²) in [5.74, 6) is 1.44. The van der Waals surface area contributed by atoms with Crippen molar-refractivity contribution in [1.82, 2.24) is 0 Å². The van der Waals surface area contributed by atoms with E-state index in [0.29, 0.717) is 17.4 Å². The van der Waals surface area contributed by atoms with Crippen molar-refractivity contribution < 1.29 is 4.74 Å². The topological polar surface area (TPSA) is 9.23 Å². The molecule has 0 N–H and O–H groups in total. The highest BCUT2D eigenvalue weighted by atomic mass is 16.5. The number of hydrogen-bond donors (Lipinski definition) is 0. The summed E-state index contributed by atoms with van der Waals surface area (Å²) >= 11 is 0. The second-order valence-corrected chi connectivity index (χ2v) is 7.64. The monoisotopic (exact) mass is 234 g/mol. The number of hydrogen-bond acceptors (Lipinski definition) is 1. The van der Waals surface area contributed by atoms with E-state index in [-0.39, 0.29) is 5.60 Å². The average Bonchev–Trinajstić information content (AvgIpc) is 2.58. The van der Waals surface area contributed by atoms with Crippen LogP contribution in [0.5, 0.6) is 0 Å². The first-order valence-corrected chi connectivity index (χ1v) is 7.27. The van der Waals surface area contributed by atoms with E-state index in [4.69, 9.17) is 4.74 Å². The lowest BCUT2D eigenvalue weighted by molar-refractivity contribution is -0.0826. The Morgan fingerprint density at radius 3 is 2.76 bits per heavy atom. The molecular weight excluding hydrogens is 208 g/mol. The number of ether oxygens (including phenoxy) is 1. The van der Waals surface area contributed by atoms with Gasteiger partial charge in [-0.1, -0.05) is 25.0 Å². The molecule has 4 atom stereocenters. The van der Waals surface area contributed by atoms with Gasteiger partial charge in [0.15, 0.2) is 0 Å². The first-order valence-electron chi connectivity index (χ1n) is 7.27. The van der Waals surface area contributed by atoms with Gasteiger partial charge in [0.2, 0.25) is 0 Å². The predicted octanol–water partition coefficient (Wildman–Crippen LogP) is 4.33. The first kappa shape index (κ1) is 11.8. The van der Waals surface area contributed by atoms with Crippen LogP contribution < -0.4 is 0 Å². The van der Waals surface area contributed by atoms with E-state index in [1.165, 1.54) is 32.1 Å². The van der Waals surface area contributed by atoms with Crippen LogP contribution in [0.2, 0.25) is 0 Å². The highest BCUT2D eigenvalue weighted by Crippen LogP contribution is 2.61. The summed E-state index contributed by atoms with van der Waals surface area (Å²) in [4.78, 5) is 0. The Balaban J connectivity index is 1.88. The van der Waals surface area contributed by atoms with Gasteiger partial charge in [-0.2, -0.15) is 0 Å². The highest BCUT2D eigenvalue weighted by molar-refractivity contribution is 5.29. The van der Waals surface area contributed by atoms with Crippen molar-refractivity contribution in [1.29, 1.82) is 0 Å². The Hall–Kier alpha value is -0.300. The van der Waals surface area contributed by atoms with Crippen molar-refractivity contribution >= 4 is 0 Å². The van der Waals surface area contributed by atoms with Gasteiger partial charge in [-0.15, -0.1) is 0 Å². The summed E-state index contributed by atoms with van der Waals surface area (Å²) in [6.45, 7) is 9.10. The maximum Gasteiger partial charge on any atom is 0.0715 e. The summed E-state index contributed by atoms with van der Waals surface area (Å²) < 4.78 is 6.39. The van der Waals surface area contributed by atoms with Gasteiger partial charge in [0.05, 0.1) is 11.7 Å². The van der Waals surface area contributed by atoms with Crippen molar-refractivity contribution in [3.05, 3.63) is 11.6 Å². The van der Waals surface area contributed by atoms with Gasteiger partial charge in [0.1, 0.15) is 0 Å². The fourth-order valence-electron chi connectivity index (χ4n) is 4.53. The molecule has 0 saturated heterocycles. The van der Waals surface area contributed by atoms with E-state index in [1.807, 2.05) is 0 Å². The second kappa shape index (κ2) is 3.60. The summed E-state index contributed by atoms with van der Waals surface area (Å²) in [5.41, 5.74) is 2.28. The van der Waals surface area contributed by atoms with Crippen LogP contribution in [0.25, 0.3) is 0 Å². The molecule has 2 bridgehead atoms. The van der Waals surface area contributed by atoms with Gasteiger partial charge in [-0.3, -0.25) is 0 Å². The molecule has 0 spiro atoms. The zero-order valence-electron chi connectivity index (χ0n) is 11.8. The molecule has 0 aliphatic heterocycles. The molecule has 0 aromatic heterocycles. The highest BCUT2D eigenvalue weighted by Gasteiger charge is 2.56. The molecule has 0 heterocycles. The third-order valence-electron chi connectivity index (χ3n) is 4.98. The molecule has 0 aromatic carbocycles. The van der Waals surface area contributed by atoms with Crippen molar-refractivity contribution in [2.75, 3.05) is 0 Å². The van der Waals surface area contributed by atoms with Crippen LogP contribution in [0.1, 0.15) is 59.8 Å². The van der Waals surface area contributed by atoms with E-state index >= 15 is 0 Å². The second-order valence-electron chi connectivity index (χ2n) is 7.64. The van der Waals surface area contributed by atoms with Gasteiger partial charge in [0, 0.05) is 11.8 Å². The quantitative estimate of drug-likeness (QED) is 0.614. The van der Waals surface area contributed by atoms with Crippen molar-refractivity contribution in [3.8, 4) is 0 Å². The summed E-state index contributed by atoms with van der Waals surface area (Å²) in [7, 11) is 0. The third kappa shape index (κ3) is 1.87. The lowest BCUT2D eigenvalue weighted by Crippen LogP contribution is -2.34. The van der Waals surface area contributed by atoms with Crippen molar-refractivity contribution in [2.24, 2.45) is 17.3 Å². The molecule has 1 nitrogen and oxygen atoms in total. The molecule has 1 heteroatoms. The zero-order valence-corrected chi connectivity index (χ0v) is 11.8. The van der Waals surface area contributed by atoms with Crippen LogP contribution in [0.15, 0.2) is 11.6 Å². The van der Waals surface area contributed by atoms with Gasteiger partial charge in [-0.25, -0.2) is 0 Å². The molecule has 0 aromatic rings. The fraction of sp³-hybridized carbons (Fsp3) is 0.875. The standard InChI is InChI=1S/C16H26O/c1-15(2,3)17-14-12-9-11-7-5-6-8-16(4,10-12)13(11)14/h9,12-14H,5-8,10H2,1-4H3/t12-,13+,14+,16-/m0/s1. The molecule has 3 aliphatic carbocycles. The Kier molecular flexibility index (Phi) is 2.49. The van der Waals surface area contributed by atoms with Crippen LogP contribution >= 0.6 is 0 Å². The lowest BCUT2D eigenvalue weighted by Gasteiger charge is -2.35. The minimum absolute atomic E-state index is 0.00373. The van der Waals surface area contributed by atoms with Crippen molar-refractivity contribution in [2.45, 2.75) is 71.5 Å². The van der Waals surface area contributed by atoms with Crippen LogP contribution in [0.4, 0.5) is 0 Å². The Morgan fingerprint density at radius 2 is 2.06 bits per heavy atom. The maximum atomic E-state index is 6.39. The Morgan fingerprint density at radius 1 is 1.29 bits per heavy atom. The molecule has 3 rings (SSSR count). The molecule has 0 unspecified atom stereocenters. The van der Waals surface area contributed by atoms with Gasteiger partial charge in [-0.05, 0) is 51.9 Å². The van der Waals surface area contributed by atoms with Crippen LogP contribution in [-0.4, -0.2) is 11.7 Å². The maximum absolute atomic E-state index is 6.39. The van der Waals surface area contributed by atoms with Crippen LogP contribution in [0.3, 0.4) is 0 Å². The molecular formula is C16H26O. The summed E-state index contributed by atoms with van der Waals surface area (Å²) in [6.07, 6.45) is 9.96. The zero-order chi connectivity index (χ0) is 12.3. The van der Waals surface area contributed by atoms with Gasteiger partial charge >= 0.3 is 0 Å². The van der Waals surface area contributed by atoms with Gasteiger partial charge < -0.3 is 4.74 Å². The molecule has 0 radical (unpaired) electrons. The van der Waals surface area contributed by atoms with E-state index in [1.54, 1.807) is 5.57 Å². The SMILES string of the molecule is CC(C)(C)O[C@H]1[C@H]2C3=C[C@H]1C[C@]2(C)CCCC3. The third-order valence-corrected chi connectivity index (χ3v) is 4.98. The van der Waals surface area contributed by atoms with E-state index in [9.17, 15) is 0 Å². The summed E-state index contributed by atoms with van der Waals surface area (Å²) in [5, 5.41) is 0. The largest absolute Gasteiger partial charge is 0.371 e. The van der Waals surface area contributed by atoms with E-state index in [2.05, 4.69) is 33.8 Å². The van der Waals surface area contributed by atoms with E-state index in [0.717, 1.165) is 5.92 Å². The van der Waals surface area contributed by atoms with Gasteiger partial charge in [0.25, 0.3) is 0 Å². The van der Waals surface area contributed by atoms with E-state index < -0.39 is 0 Å². The van der Waals surface area contributed by atoms with Crippen LogP contribution in [-0.2, 0) is 4.74 Å². The summed E-state index contributed by atoms with van der Waals surface area (Å²) in [6, 6.07) is 0. The molecule has 17 heavy (non-hydrogen) atoms. The normalized spacial score (nSPS) is 44.7. The van der Waals surface area contributed by atoms with Crippen LogP contribution in [0, 0.1) is 17.3 Å². The first-order chi connectivity index (χ1) is 7.89. The molecule has 96 valence electrons. The lowest BCUT2D eigenvalue weighted by atomic mass is 9.72. The number of fused-ring (bicyclic) bond motifs is 1. The Labute approximate surface area is 106 Å². The molecule has 2 fully saturated rings. The fourth-order valence-corrected chi connectivity index (χ4v) is 4.53. The smallest absolute Gasteiger partial charge is 0.0715 e. The predicted molar refractivity (Wildman–Crippen MR) is 70.9 cm³/mol. The number of rotatable bonds is 1. The average molecular weight is 234 g/mol. The molecule has 0 amide bonds. The molecule has 2 saturated carbocycles.